The van der Waals surface area contributed by atoms with E-state index in [0.717, 1.165) is 14.9 Å². The molecule has 3 aromatic rings. The van der Waals surface area contributed by atoms with Gasteiger partial charge in [-0.25, -0.2) is 22.5 Å². The Morgan fingerprint density at radius 2 is 2.07 bits per heavy atom. The van der Waals surface area contributed by atoms with Gasteiger partial charge in [-0.15, -0.1) is 11.3 Å². The number of aryl methyl sites for hydroxylation is 1. The van der Waals surface area contributed by atoms with Gasteiger partial charge in [-0.2, -0.15) is 5.10 Å². The number of ether oxygens (including phenoxy) is 2. The molecule has 0 radical (unpaired) electrons. The van der Waals surface area contributed by atoms with Crippen molar-refractivity contribution in [2.24, 2.45) is 7.05 Å². The van der Waals surface area contributed by atoms with Gasteiger partial charge in [0.15, 0.2) is 0 Å². The lowest BCUT2D eigenvalue weighted by atomic mass is 10.2. The summed E-state index contributed by atoms with van der Waals surface area (Å²) in [5.74, 6) is -0.505. The van der Waals surface area contributed by atoms with Crippen LogP contribution in [0.2, 0.25) is 0 Å². The molecule has 0 aliphatic heterocycles. The van der Waals surface area contributed by atoms with E-state index in [4.69, 9.17) is 9.47 Å². The molecular formula is C18H20N4O5S2. The van der Waals surface area contributed by atoms with Crippen molar-refractivity contribution in [2.45, 2.75) is 11.5 Å². The fourth-order valence-corrected chi connectivity index (χ4v) is 4.32. The highest BCUT2D eigenvalue weighted by Crippen LogP contribution is 2.27. The zero-order valence-corrected chi connectivity index (χ0v) is 18.0. The second-order valence-corrected chi connectivity index (χ2v) is 9.25. The summed E-state index contributed by atoms with van der Waals surface area (Å²) < 4.78 is 38.1. The van der Waals surface area contributed by atoms with Crippen molar-refractivity contribution >= 4 is 27.3 Å². The van der Waals surface area contributed by atoms with E-state index in [9.17, 15) is 13.2 Å². The second-order valence-electron chi connectivity index (χ2n) is 6.28. The maximum atomic E-state index is 12.5. The van der Waals surface area contributed by atoms with Crippen LogP contribution in [0, 0.1) is 0 Å². The van der Waals surface area contributed by atoms with Crippen LogP contribution in [0.4, 0.5) is 0 Å². The molecule has 0 bridgehead atoms. The molecule has 0 amide bonds. The van der Waals surface area contributed by atoms with Crippen LogP contribution < -0.4 is 4.74 Å². The Morgan fingerprint density at radius 1 is 1.31 bits per heavy atom. The summed E-state index contributed by atoms with van der Waals surface area (Å²) in [6, 6.07) is 4.13. The van der Waals surface area contributed by atoms with E-state index in [1.54, 1.807) is 16.3 Å². The second kappa shape index (κ2) is 8.31. The van der Waals surface area contributed by atoms with E-state index in [1.165, 1.54) is 50.7 Å². The van der Waals surface area contributed by atoms with Gasteiger partial charge in [0.2, 0.25) is 10.0 Å². The summed E-state index contributed by atoms with van der Waals surface area (Å²) in [5.41, 5.74) is 1.58. The molecular weight excluding hydrogens is 416 g/mol. The number of esters is 1. The lowest BCUT2D eigenvalue weighted by Gasteiger charge is -2.15. The molecule has 0 unspecified atom stereocenters. The Labute approximate surface area is 172 Å². The molecule has 1 aromatic carbocycles. The molecule has 2 aromatic heterocycles. The first-order valence-corrected chi connectivity index (χ1v) is 10.8. The monoisotopic (exact) mass is 436 g/mol. The van der Waals surface area contributed by atoms with Crippen LogP contribution in [0.3, 0.4) is 0 Å². The molecule has 0 saturated carbocycles. The minimum Gasteiger partial charge on any atom is -0.495 e. The van der Waals surface area contributed by atoms with E-state index in [-0.39, 0.29) is 22.8 Å². The topological polar surface area (TPSA) is 104 Å². The SMILES string of the molecule is COc1ccc(C(=O)OCc2csc(-c3cnn(C)c3)n2)cc1S(=O)(=O)N(C)C. The van der Waals surface area contributed by atoms with Crippen LogP contribution in [0.25, 0.3) is 10.6 Å². The van der Waals surface area contributed by atoms with Crippen LogP contribution in [-0.2, 0) is 28.4 Å². The van der Waals surface area contributed by atoms with Crippen LogP contribution in [0.1, 0.15) is 16.1 Å². The van der Waals surface area contributed by atoms with Gasteiger partial charge in [-0.1, -0.05) is 0 Å². The number of hydrogen-bond acceptors (Lipinski definition) is 8. The average molecular weight is 437 g/mol. The minimum absolute atomic E-state index is 0.0304. The van der Waals surface area contributed by atoms with Gasteiger partial charge in [0.05, 0.1) is 24.6 Å². The van der Waals surface area contributed by atoms with Crippen molar-refractivity contribution in [3.05, 3.63) is 47.2 Å². The number of thiazole rings is 1. The number of rotatable bonds is 7. The largest absolute Gasteiger partial charge is 0.495 e. The highest BCUT2D eigenvalue weighted by Gasteiger charge is 2.24. The predicted molar refractivity (Wildman–Crippen MR) is 107 cm³/mol. The number of carbonyl (C=O) groups is 1. The van der Waals surface area contributed by atoms with Crippen LogP contribution in [0.15, 0.2) is 40.9 Å². The van der Waals surface area contributed by atoms with Gasteiger partial charge in [0, 0.05) is 38.3 Å². The first-order valence-electron chi connectivity index (χ1n) is 8.43. The summed E-state index contributed by atoms with van der Waals surface area (Å²) in [6.45, 7) is -0.0304. The zero-order valence-electron chi connectivity index (χ0n) is 16.3. The van der Waals surface area contributed by atoms with Gasteiger partial charge in [-0.05, 0) is 18.2 Å². The average Bonchev–Trinajstić information content (AvgIpc) is 3.34. The van der Waals surface area contributed by atoms with Gasteiger partial charge in [0.1, 0.15) is 22.3 Å². The minimum atomic E-state index is -3.79. The summed E-state index contributed by atoms with van der Waals surface area (Å²) >= 11 is 1.42. The standard InChI is InChI=1S/C18H20N4O5S2/c1-21(2)29(24,25)16-7-12(5-6-15(16)26-4)18(23)27-10-14-11-28-17(20-14)13-8-19-22(3)9-13/h5-9,11H,10H2,1-4H3. The first kappa shape index (κ1) is 21.0. The van der Waals surface area contributed by atoms with Gasteiger partial charge >= 0.3 is 5.97 Å². The van der Waals surface area contributed by atoms with E-state index in [1.807, 2.05) is 13.2 Å². The Hall–Kier alpha value is -2.76. The third-order valence-electron chi connectivity index (χ3n) is 4.01. The van der Waals surface area contributed by atoms with Crippen molar-refractivity contribution in [3.63, 3.8) is 0 Å². The molecule has 0 spiro atoms. The molecule has 0 aliphatic rings. The predicted octanol–water partition coefficient (Wildman–Crippen LogP) is 2.16. The molecule has 2 heterocycles. The summed E-state index contributed by atoms with van der Waals surface area (Å²) in [5, 5.41) is 6.67. The van der Waals surface area contributed by atoms with Crippen LogP contribution >= 0.6 is 11.3 Å². The number of sulfonamides is 1. The number of carbonyl (C=O) groups excluding carboxylic acids is 1. The Bertz CT molecular complexity index is 1130. The van der Waals surface area contributed by atoms with Crippen molar-refractivity contribution in [1.82, 2.24) is 19.1 Å². The number of hydrogen-bond donors (Lipinski definition) is 0. The summed E-state index contributed by atoms with van der Waals surface area (Å²) in [6.07, 6.45) is 3.55. The number of aromatic nitrogens is 3. The van der Waals surface area contributed by atoms with Crippen molar-refractivity contribution < 1.29 is 22.7 Å². The lowest BCUT2D eigenvalue weighted by molar-refractivity contribution is 0.0468. The van der Waals surface area contributed by atoms with Gasteiger partial charge in [-0.3, -0.25) is 4.68 Å². The fraction of sp³-hybridized carbons (Fsp3) is 0.278. The Morgan fingerprint density at radius 3 is 2.69 bits per heavy atom. The molecule has 3 rings (SSSR count). The van der Waals surface area contributed by atoms with Gasteiger partial charge < -0.3 is 9.47 Å². The third kappa shape index (κ3) is 4.47. The quantitative estimate of drug-likeness (QED) is 0.523. The van der Waals surface area contributed by atoms with E-state index < -0.39 is 16.0 Å². The zero-order chi connectivity index (χ0) is 21.2. The molecule has 9 nitrogen and oxygen atoms in total. The molecule has 11 heteroatoms. The maximum absolute atomic E-state index is 12.5. The maximum Gasteiger partial charge on any atom is 0.338 e. The van der Waals surface area contributed by atoms with E-state index >= 15 is 0 Å². The van der Waals surface area contributed by atoms with Crippen LogP contribution in [-0.4, -0.2) is 54.7 Å². The highest BCUT2D eigenvalue weighted by molar-refractivity contribution is 7.89. The normalized spacial score (nSPS) is 11.6. The molecule has 0 fully saturated rings. The Balaban J connectivity index is 1.75. The molecule has 0 saturated heterocycles. The molecule has 29 heavy (non-hydrogen) atoms. The summed E-state index contributed by atoms with van der Waals surface area (Å²) in [4.78, 5) is 16.8. The molecule has 154 valence electrons. The smallest absolute Gasteiger partial charge is 0.338 e. The third-order valence-corrected chi connectivity index (χ3v) is 6.79. The lowest BCUT2D eigenvalue weighted by Crippen LogP contribution is -2.23. The molecule has 0 aliphatic carbocycles. The highest BCUT2D eigenvalue weighted by atomic mass is 32.2. The summed E-state index contributed by atoms with van der Waals surface area (Å²) in [7, 11) is 2.21. The number of nitrogens with zero attached hydrogens (tertiary/aromatic N) is 4. The van der Waals surface area contributed by atoms with E-state index in [2.05, 4.69) is 10.1 Å². The van der Waals surface area contributed by atoms with Crippen LogP contribution in [0.5, 0.6) is 5.75 Å². The van der Waals surface area contributed by atoms with Crippen molar-refractivity contribution in [3.8, 4) is 16.3 Å². The first-order chi connectivity index (χ1) is 13.7. The van der Waals surface area contributed by atoms with Crippen molar-refractivity contribution in [2.75, 3.05) is 21.2 Å². The van der Waals surface area contributed by atoms with Crippen molar-refractivity contribution in [1.29, 1.82) is 0 Å². The molecule has 0 atom stereocenters. The van der Waals surface area contributed by atoms with Gasteiger partial charge in [0.25, 0.3) is 0 Å². The number of benzene rings is 1. The fourth-order valence-electron chi connectivity index (χ4n) is 2.46. The van der Waals surface area contributed by atoms with E-state index in [0.29, 0.717) is 5.69 Å². The molecule has 0 N–H and O–H groups in total. The number of methoxy groups -OCH3 is 1. The Kier molecular flexibility index (Phi) is 6.01.